The second-order valence-electron chi connectivity index (χ2n) is 6.24. The Hall–Kier alpha value is -2.30. The molecule has 1 aromatic rings. The molecule has 0 aliphatic heterocycles. The normalized spacial score (nSPS) is 10.8. The van der Waals surface area contributed by atoms with E-state index in [4.69, 9.17) is 4.74 Å². The Bertz CT molecular complexity index is 544. The molecule has 5 heteroatoms. The molecule has 0 bridgehead atoms. The lowest BCUT2D eigenvalue weighted by Gasteiger charge is -2.25. The molecule has 0 heterocycles. The lowest BCUT2D eigenvalue weighted by atomic mass is 10.1. The van der Waals surface area contributed by atoms with E-state index in [1.165, 1.54) is 4.90 Å². The van der Waals surface area contributed by atoms with E-state index in [-0.39, 0.29) is 23.9 Å². The van der Waals surface area contributed by atoms with E-state index in [2.05, 4.69) is 11.9 Å². The number of rotatable bonds is 7. The highest BCUT2D eigenvalue weighted by atomic mass is 16.5. The van der Waals surface area contributed by atoms with E-state index in [0.29, 0.717) is 24.5 Å². The second kappa shape index (κ2) is 8.36. The Morgan fingerprint density at radius 3 is 2.35 bits per heavy atom. The fourth-order valence-corrected chi connectivity index (χ4v) is 1.99. The summed E-state index contributed by atoms with van der Waals surface area (Å²) in [6.45, 7) is 12.1. The number of hydrogen-bond acceptors (Lipinski definition) is 3. The summed E-state index contributed by atoms with van der Waals surface area (Å²) in [5, 5.41) is 2.86. The monoisotopic (exact) mass is 318 g/mol. The molecule has 1 aromatic carbocycles. The lowest BCUT2D eigenvalue weighted by molar-refractivity contribution is -0.123. The Labute approximate surface area is 138 Å². The molecule has 0 radical (unpaired) electrons. The highest BCUT2D eigenvalue weighted by molar-refractivity contribution is 5.96. The van der Waals surface area contributed by atoms with Gasteiger partial charge in [0.2, 0.25) is 5.91 Å². The van der Waals surface area contributed by atoms with Crippen LogP contribution in [-0.4, -0.2) is 41.9 Å². The molecular weight excluding hydrogens is 292 g/mol. The van der Waals surface area contributed by atoms with Crippen LogP contribution < -0.4 is 10.1 Å². The Morgan fingerprint density at radius 1 is 1.26 bits per heavy atom. The van der Waals surface area contributed by atoms with Gasteiger partial charge in [-0.2, -0.15) is 0 Å². The van der Waals surface area contributed by atoms with Crippen LogP contribution in [0, 0.1) is 0 Å². The van der Waals surface area contributed by atoms with E-state index >= 15 is 0 Å². The first-order valence-corrected chi connectivity index (χ1v) is 7.71. The molecule has 126 valence electrons. The zero-order chi connectivity index (χ0) is 17.5. The maximum Gasteiger partial charge on any atom is 0.254 e. The number of hydrogen-bond donors (Lipinski definition) is 1. The third-order valence-electron chi connectivity index (χ3n) is 2.99. The van der Waals surface area contributed by atoms with E-state index in [1.54, 1.807) is 30.3 Å². The van der Waals surface area contributed by atoms with Crippen molar-refractivity contribution in [3.05, 3.63) is 42.5 Å². The van der Waals surface area contributed by atoms with Crippen molar-refractivity contribution < 1.29 is 14.3 Å². The minimum Gasteiger partial charge on any atom is -0.490 e. The maximum absolute atomic E-state index is 12.5. The van der Waals surface area contributed by atoms with Crippen molar-refractivity contribution in [2.75, 3.05) is 19.7 Å². The summed E-state index contributed by atoms with van der Waals surface area (Å²) in [7, 11) is 0. The molecule has 1 rings (SSSR count). The Kier molecular flexibility index (Phi) is 6.82. The highest BCUT2D eigenvalue weighted by Crippen LogP contribution is 2.14. The molecule has 0 aliphatic carbocycles. The Balaban J connectivity index is 2.72. The molecule has 0 saturated carbocycles. The largest absolute Gasteiger partial charge is 0.490 e. The molecule has 23 heavy (non-hydrogen) atoms. The molecule has 0 aliphatic rings. The molecule has 0 atom stereocenters. The Morgan fingerprint density at radius 2 is 1.87 bits per heavy atom. The van der Waals surface area contributed by atoms with Crippen molar-refractivity contribution in [3.63, 3.8) is 0 Å². The number of ether oxygens (including phenoxy) is 1. The summed E-state index contributed by atoms with van der Waals surface area (Å²) < 4.78 is 5.39. The molecule has 2 amide bonds. The highest BCUT2D eigenvalue weighted by Gasteiger charge is 2.20. The van der Waals surface area contributed by atoms with Gasteiger partial charge in [0.15, 0.2) is 0 Å². The SMILES string of the molecule is C=CCOc1ccc(C(=O)N(CC)CC(=O)NC(C)(C)C)cc1. The predicted molar refractivity (Wildman–Crippen MR) is 91.6 cm³/mol. The van der Waals surface area contributed by atoms with E-state index in [0.717, 1.165) is 0 Å². The van der Waals surface area contributed by atoms with Crippen molar-refractivity contribution in [3.8, 4) is 5.75 Å². The number of amides is 2. The number of nitrogens with one attached hydrogen (secondary N) is 1. The summed E-state index contributed by atoms with van der Waals surface area (Å²) >= 11 is 0. The summed E-state index contributed by atoms with van der Waals surface area (Å²) in [6, 6.07) is 6.87. The minimum absolute atomic E-state index is 0.0430. The van der Waals surface area contributed by atoms with Crippen LogP contribution in [0.1, 0.15) is 38.1 Å². The number of likely N-dealkylation sites (N-methyl/N-ethyl adjacent to an activating group) is 1. The summed E-state index contributed by atoms with van der Waals surface area (Å²) in [5.74, 6) is 0.334. The van der Waals surface area contributed by atoms with Crippen molar-refractivity contribution in [2.24, 2.45) is 0 Å². The van der Waals surface area contributed by atoms with Gasteiger partial charge in [0.05, 0.1) is 6.54 Å². The van der Waals surface area contributed by atoms with Gasteiger partial charge in [-0.25, -0.2) is 0 Å². The lowest BCUT2D eigenvalue weighted by Crippen LogP contribution is -2.47. The van der Waals surface area contributed by atoms with Crippen molar-refractivity contribution in [1.82, 2.24) is 10.2 Å². The first-order chi connectivity index (χ1) is 10.8. The molecule has 0 aromatic heterocycles. The number of carbonyl (C=O) groups excluding carboxylic acids is 2. The number of benzene rings is 1. The van der Waals surface area contributed by atoms with Gasteiger partial charge in [-0.1, -0.05) is 12.7 Å². The van der Waals surface area contributed by atoms with Crippen molar-refractivity contribution in [1.29, 1.82) is 0 Å². The van der Waals surface area contributed by atoms with Gasteiger partial charge < -0.3 is 15.0 Å². The maximum atomic E-state index is 12.5. The first kappa shape index (κ1) is 18.7. The summed E-state index contributed by atoms with van der Waals surface area (Å²) in [5.41, 5.74) is 0.213. The quantitative estimate of drug-likeness (QED) is 0.786. The van der Waals surface area contributed by atoms with Crippen molar-refractivity contribution >= 4 is 11.8 Å². The van der Waals surface area contributed by atoms with Gasteiger partial charge in [-0.05, 0) is 52.0 Å². The molecule has 5 nitrogen and oxygen atoms in total. The van der Waals surface area contributed by atoms with Crippen LogP contribution in [0.2, 0.25) is 0 Å². The summed E-state index contributed by atoms with van der Waals surface area (Å²) in [6.07, 6.45) is 1.66. The van der Waals surface area contributed by atoms with Crippen LogP contribution >= 0.6 is 0 Å². The standard InChI is InChI=1S/C18H26N2O3/c1-6-12-23-15-10-8-14(9-11-15)17(22)20(7-2)13-16(21)19-18(3,4)5/h6,8-11H,1,7,12-13H2,2-5H3,(H,19,21). The number of nitrogens with zero attached hydrogens (tertiary/aromatic N) is 1. The molecule has 0 unspecified atom stereocenters. The third-order valence-corrected chi connectivity index (χ3v) is 2.99. The van der Waals surface area contributed by atoms with E-state index in [1.807, 2.05) is 27.7 Å². The number of carbonyl (C=O) groups is 2. The molecule has 0 spiro atoms. The van der Waals surface area contributed by atoms with Gasteiger partial charge in [0.1, 0.15) is 12.4 Å². The van der Waals surface area contributed by atoms with Gasteiger partial charge in [-0.3, -0.25) is 9.59 Å². The van der Waals surface area contributed by atoms with Gasteiger partial charge in [-0.15, -0.1) is 0 Å². The van der Waals surface area contributed by atoms with Crippen LogP contribution in [0.25, 0.3) is 0 Å². The predicted octanol–water partition coefficient (Wildman–Crippen LogP) is 2.63. The minimum atomic E-state index is -0.316. The van der Waals surface area contributed by atoms with Crippen LogP contribution in [-0.2, 0) is 4.79 Å². The smallest absolute Gasteiger partial charge is 0.254 e. The van der Waals surface area contributed by atoms with Gasteiger partial charge in [0.25, 0.3) is 5.91 Å². The van der Waals surface area contributed by atoms with Crippen LogP contribution in [0.4, 0.5) is 0 Å². The fourth-order valence-electron chi connectivity index (χ4n) is 1.99. The second-order valence-corrected chi connectivity index (χ2v) is 6.24. The first-order valence-electron chi connectivity index (χ1n) is 7.71. The van der Waals surface area contributed by atoms with Crippen LogP contribution in [0.3, 0.4) is 0 Å². The van der Waals surface area contributed by atoms with Crippen LogP contribution in [0.15, 0.2) is 36.9 Å². The van der Waals surface area contributed by atoms with Gasteiger partial charge in [0, 0.05) is 17.6 Å². The zero-order valence-corrected chi connectivity index (χ0v) is 14.4. The fraction of sp³-hybridized carbons (Fsp3) is 0.444. The molecule has 1 N–H and O–H groups in total. The average Bonchev–Trinajstić information content (AvgIpc) is 2.48. The van der Waals surface area contributed by atoms with E-state index < -0.39 is 0 Å². The summed E-state index contributed by atoms with van der Waals surface area (Å²) in [4.78, 5) is 26.0. The molecular formula is C18H26N2O3. The molecule has 0 saturated heterocycles. The topological polar surface area (TPSA) is 58.6 Å². The average molecular weight is 318 g/mol. The van der Waals surface area contributed by atoms with Crippen molar-refractivity contribution in [2.45, 2.75) is 33.2 Å². The molecule has 0 fully saturated rings. The zero-order valence-electron chi connectivity index (χ0n) is 14.4. The van der Waals surface area contributed by atoms with Gasteiger partial charge >= 0.3 is 0 Å². The van der Waals surface area contributed by atoms with E-state index in [9.17, 15) is 9.59 Å². The third kappa shape index (κ3) is 6.55. The van der Waals surface area contributed by atoms with Crippen LogP contribution in [0.5, 0.6) is 5.75 Å².